The van der Waals surface area contributed by atoms with E-state index in [2.05, 4.69) is 17.9 Å². The number of piperazine rings is 1. The standard InChI is InChI=1S/C24H28FN3O2S/c1-17-9-10-28(22-5-3-4-6-23(22)31-17)24(30)16-26-11-13-27(14-12-26)21-8-7-19(18(2)29)15-20(21)25/h3-8,15,17H,9-14,16H2,1-2H3/t17-/m1/s1. The van der Waals surface area contributed by atoms with Crippen LogP contribution in [0.1, 0.15) is 30.6 Å². The SMILES string of the molecule is CC(=O)c1ccc(N2CCN(CC(=O)N3CC[C@@H](C)Sc4ccccc43)CC2)c(F)c1. The normalized spacial score (nSPS) is 19.6. The van der Waals surface area contributed by atoms with Crippen LogP contribution in [0.25, 0.3) is 0 Å². The van der Waals surface area contributed by atoms with E-state index in [-0.39, 0.29) is 17.5 Å². The molecule has 7 heteroatoms. The number of nitrogens with zero attached hydrogens (tertiary/aromatic N) is 3. The van der Waals surface area contributed by atoms with Crippen LogP contribution in [-0.2, 0) is 4.79 Å². The molecule has 2 aliphatic rings. The van der Waals surface area contributed by atoms with Gasteiger partial charge < -0.3 is 9.80 Å². The summed E-state index contributed by atoms with van der Waals surface area (Å²) < 4.78 is 14.5. The van der Waals surface area contributed by atoms with Crippen molar-refractivity contribution in [3.05, 3.63) is 53.8 Å². The van der Waals surface area contributed by atoms with E-state index in [0.717, 1.165) is 23.5 Å². The molecule has 1 fully saturated rings. The van der Waals surface area contributed by atoms with Crippen LogP contribution in [0.4, 0.5) is 15.8 Å². The fraction of sp³-hybridized carbons (Fsp3) is 0.417. The van der Waals surface area contributed by atoms with Crippen LogP contribution in [-0.4, -0.2) is 61.1 Å². The number of Topliss-reactive ketones (excluding diaryl/α,β-unsaturated/α-hetero) is 1. The van der Waals surface area contributed by atoms with Crippen molar-refractivity contribution >= 4 is 34.8 Å². The third-order valence-corrected chi connectivity index (χ3v) is 7.21. The number of rotatable bonds is 4. The quantitative estimate of drug-likeness (QED) is 0.670. The molecule has 2 heterocycles. The molecule has 1 atom stereocenters. The van der Waals surface area contributed by atoms with Crippen LogP contribution in [0.2, 0.25) is 0 Å². The van der Waals surface area contributed by atoms with Gasteiger partial charge in [0.15, 0.2) is 5.78 Å². The molecule has 2 aromatic carbocycles. The Kier molecular flexibility index (Phi) is 6.62. The average molecular weight is 442 g/mol. The molecule has 5 nitrogen and oxygen atoms in total. The number of carbonyl (C=O) groups is 2. The van der Waals surface area contributed by atoms with Crippen LogP contribution >= 0.6 is 11.8 Å². The molecule has 0 unspecified atom stereocenters. The summed E-state index contributed by atoms with van der Waals surface area (Å²) in [6, 6.07) is 12.8. The Labute approximate surface area is 187 Å². The van der Waals surface area contributed by atoms with Gasteiger partial charge >= 0.3 is 0 Å². The molecule has 31 heavy (non-hydrogen) atoms. The lowest BCUT2D eigenvalue weighted by molar-refractivity contribution is -0.119. The van der Waals surface area contributed by atoms with Gasteiger partial charge in [-0.2, -0.15) is 0 Å². The van der Waals surface area contributed by atoms with Crippen molar-refractivity contribution in [3.63, 3.8) is 0 Å². The van der Waals surface area contributed by atoms with Gasteiger partial charge in [-0.05, 0) is 43.7 Å². The van der Waals surface area contributed by atoms with Crippen molar-refractivity contribution in [3.8, 4) is 0 Å². The number of ketones is 1. The summed E-state index contributed by atoms with van der Waals surface area (Å²) in [4.78, 5) is 31.8. The van der Waals surface area contributed by atoms with Crippen LogP contribution in [0.5, 0.6) is 0 Å². The van der Waals surface area contributed by atoms with E-state index in [1.54, 1.807) is 12.1 Å². The number of para-hydroxylation sites is 1. The van der Waals surface area contributed by atoms with Crippen LogP contribution < -0.4 is 9.80 Å². The van der Waals surface area contributed by atoms with E-state index in [1.165, 1.54) is 13.0 Å². The van der Waals surface area contributed by atoms with E-state index in [0.29, 0.717) is 49.2 Å². The van der Waals surface area contributed by atoms with Crippen LogP contribution in [0.3, 0.4) is 0 Å². The highest BCUT2D eigenvalue weighted by Gasteiger charge is 2.27. The topological polar surface area (TPSA) is 43.9 Å². The van der Waals surface area contributed by atoms with Gasteiger partial charge in [-0.15, -0.1) is 11.8 Å². The number of hydrogen-bond donors (Lipinski definition) is 0. The Morgan fingerprint density at radius 3 is 2.48 bits per heavy atom. The molecule has 0 spiro atoms. The lowest BCUT2D eigenvalue weighted by Gasteiger charge is -2.36. The number of fused-ring (bicyclic) bond motifs is 1. The second-order valence-corrected chi connectivity index (χ2v) is 9.70. The molecule has 164 valence electrons. The van der Waals surface area contributed by atoms with Gasteiger partial charge in [0.1, 0.15) is 5.82 Å². The maximum Gasteiger partial charge on any atom is 0.241 e. The molecule has 4 rings (SSSR count). The lowest BCUT2D eigenvalue weighted by Crippen LogP contribution is -2.50. The van der Waals surface area contributed by atoms with E-state index in [9.17, 15) is 14.0 Å². The lowest BCUT2D eigenvalue weighted by atomic mass is 10.1. The predicted molar refractivity (Wildman–Crippen MR) is 124 cm³/mol. The molecule has 0 N–H and O–H groups in total. The summed E-state index contributed by atoms with van der Waals surface area (Å²) in [5, 5.41) is 0.479. The first kappa shape index (κ1) is 21.8. The number of thioether (sulfide) groups is 1. The minimum atomic E-state index is -0.370. The van der Waals surface area contributed by atoms with Gasteiger partial charge in [-0.3, -0.25) is 14.5 Å². The fourth-order valence-electron chi connectivity index (χ4n) is 4.15. The van der Waals surface area contributed by atoms with Crippen molar-refractivity contribution in [2.45, 2.75) is 30.4 Å². The second kappa shape index (κ2) is 9.40. The summed E-state index contributed by atoms with van der Waals surface area (Å²) in [5.74, 6) is -0.394. The number of amides is 1. The maximum absolute atomic E-state index is 14.5. The highest BCUT2D eigenvalue weighted by atomic mass is 32.2. The first-order chi connectivity index (χ1) is 14.9. The fourth-order valence-corrected chi connectivity index (χ4v) is 5.26. The molecular formula is C24H28FN3O2S. The second-order valence-electron chi connectivity index (χ2n) is 8.22. The molecular weight excluding hydrogens is 413 g/mol. The summed E-state index contributed by atoms with van der Waals surface area (Å²) >= 11 is 1.83. The molecule has 0 bridgehead atoms. The molecule has 0 aromatic heterocycles. The number of benzene rings is 2. The van der Waals surface area contributed by atoms with Gasteiger partial charge in [-0.1, -0.05) is 19.1 Å². The summed E-state index contributed by atoms with van der Waals surface area (Å²) in [5.41, 5.74) is 1.91. The summed E-state index contributed by atoms with van der Waals surface area (Å²) in [6.45, 7) is 7.43. The monoisotopic (exact) mass is 441 g/mol. The Bertz CT molecular complexity index is 975. The van der Waals surface area contributed by atoms with Crippen LogP contribution in [0, 0.1) is 5.82 Å². The predicted octanol–water partition coefficient (Wildman–Crippen LogP) is 4.07. The van der Waals surface area contributed by atoms with Gasteiger partial charge in [0.05, 0.1) is 17.9 Å². The highest BCUT2D eigenvalue weighted by Crippen LogP contribution is 2.37. The van der Waals surface area contributed by atoms with Crippen LogP contribution in [0.15, 0.2) is 47.4 Å². The minimum Gasteiger partial charge on any atom is -0.367 e. The Morgan fingerprint density at radius 1 is 1.03 bits per heavy atom. The highest BCUT2D eigenvalue weighted by molar-refractivity contribution is 8.00. The summed E-state index contributed by atoms with van der Waals surface area (Å²) in [7, 11) is 0. The molecule has 0 saturated carbocycles. The minimum absolute atomic E-state index is 0.118. The Balaban J connectivity index is 1.38. The van der Waals surface area contributed by atoms with Crippen molar-refractivity contribution < 1.29 is 14.0 Å². The van der Waals surface area contributed by atoms with E-state index >= 15 is 0 Å². The van der Waals surface area contributed by atoms with Gasteiger partial charge in [0, 0.05) is 48.4 Å². The largest absolute Gasteiger partial charge is 0.367 e. The first-order valence-corrected chi connectivity index (χ1v) is 11.6. The summed E-state index contributed by atoms with van der Waals surface area (Å²) in [6.07, 6.45) is 0.967. The van der Waals surface area contributed by atoms with E-state index in [1.807, 2.05) is 39.8 Å². The number of halogens is 1. The zero-order valence-corrected chi connectivity index (χ0v) is 18.8. The third kappa shape index (κ3) is 4.93. The first-order valence-electron chi connectivity index (χ1n) is 10.8. The average Bonchev–Trinajstić information content (AvgIpc) is 2.92. The van der Waals surface area contributed by atoms with Gasteiger partial charge in [0.25, 0.3) is 0 Å². The Morgan fingerprint density at radius 2 is 1.77 bits per heavy atom. The van der Waals surface area contributed by atoms with E-state index < -0.39 is 0 Å². The Hall–Kier alpha value is -2.38. The van der Waals surface area contributed by atoms with Crippen molar-refractivity contribution in [2.75, 3.05) is 49.1 Å². The number of hydrogen-bond acceptors (Lipinski definition) is 5. The van der Waals surface area contributed by atoms with Crippen molar-refractivity contribution in [2.24, 2.45) is 0 Å². The van der Waals surface area contributed by atoms with Gasteiger partial charge in [0.2, 0.25) is 5.91 Å². The van der Waals surface area contributed by atoms with Gasteiger partial charge in [-0.25, -0.2) is 4.39 Å². The maximum atomic E-state index is 14.5. The molecule has 0 aliphatic carbocycles. The van der Waals surface area contributed by atoms with Crippen molar-refractivity contribution in [1.82, 2.24) is 4.90 Å². The zero-order chi connectivity index (χ0) is 22.0. The molecule has 0 radical (unpaired) electrons. The molecule has 1 amide bonds. The van der Waals surface area contributed by atoms with E-state index in [4.69, 9.17) is 0 Å². The molecule has 1 saturated heterocycles. The molecule has 2 aromatic rings. The zero-order valence-electron chi connectivity index (χ0n) is 18.0. The number of carbonyl (C=O) groups excluding carboxylic acids is 2. The van der Waals surface area contributed by atoms with Crippen molar-refractivity contribution in [1.29, 1.82) is 0 Å². The number of anilines is 2. The molecule has 2 aliphatic heterocycles. The third-order valence-electron chi connectivity index (χ3n) is 5.97. The smallest absolute Gasteiger partial charge is 0.241 e.